The minimum absolute atomic E-state index is 0.0413. The van der Waals surface area contributed by atoms with Crippen LogP contribution in [0.5, 0.6) is 0 Å². The van der Waals surface area contributed by atoms with Gasteiger partial charge in [0.2, 0.25) is 5.91 Å². The van der Waals surface area contributed by atoms with Crippen LogP contribution in [0, 0.1) is 12.8 Å². The molecule has 1 aliphatic rings. The van der Waals surface area contributed by atoms with Gasteiger partial charge >= 0.3 is 0 Å². The minimum Gasteiger partial charge on any atom is -0.399 e. The number of nitrogens with two attached hydrogens (primary N) is 1. The van der Waals surface area contributed by atoms with Crippen LogP contribution in [-0.4, -0.2) is 29.4 Å². The van der Waals surface area contributed by atoms with Crippen molar-refractivity contribution in [3.63, 3.8) is 0 Å². The molecule has 0 aliphatic carbocycles. The molecule has 4 heteroatoms. The maximum absolute atomic E-state index is 12.4. The van der Waals surface area contributed by atoms with Gasteiger partial charge in [-0.2, -0.15) is 0 Å². The number of carbonyl (C=O) groups is 1. The van der Waals surface area contributed by atoms with Crippen molar-refractivity contribution in [1.82, 2.24) is 4.90 Å². The number of nitrogen functional groups attached to an aromatic ring is 1. The van der Waals surface area contributed by atoms with Crippen LogP contribution in [0.1, 0.15) is 32.8 Å². The minimum atomic E-state index is -0.115. The molecule has 1 aliphatic heterocycles. The molecule has 1 saturated heterocycles. The second-order valence-corrected chi connectivity index (χ2v) is 6.13. The first kappa shape index (κ1) is 14.9. The maximum atomic E-state index is 12.4. The molecule has 1 heterocycles. The molecule has 3 N–H and O–H groups in total. The van der Waals surface area contributed by atoms with Crippen LogP contribution in [0.2, 0.25) is 0 Å². The lowest BCUT2D eigenvalue weighted by molar-refractivity contribution is -0.121. The van der Waals surface area contributed by atoms with Crippen molar-refractivity contribution in [2.24, 2.45) is 5.92 Å². The van der Waals surface area contributed by atoms with Crippen molar-refractivity contribution in [2.75, 3.05) is 17.6 Å². The van der Waals surface area contributed by atoms with Gasteiger partial charge in [0, 0.05) is 24.0 Å². The number of aryl methyl sites for hydroxylation is 1. The molecule has 1 amide bonds. The summed E-state index contributed by atoms with van der Waals surface area (Å²) in [5.41, 5.74) is 8.29. The number of rotatable bonds is 3. The Bertz CT molecular complexity index is 500. The molecule has 0 aromatic heterocycles. The van der Waals surface area contributed by atoms with Gasteiger partial charge < -0.3 is 11.1 Å². The van der Waals surface area contributed by atoms with Crippen molar-refractivity contribution in [3.8, 4) is 0 Å². The predicted octanol–water partition coefficient (Wildman–Crippen LogP) is 2.63. The van der Waals surface area contributed by atoms with Gasteiger partial charge in [0.1, 0.15) is 0 Å². The van der Waals surface area contributed by atoms with Gasteiger partial charge in [0.25, 0.3) is 0 Å². The van der Waals surface area contributed by atoms with E-state index in [4.69, 9.17) is 5.73 Å². The quantitative estimate of drug-likeness (QED) is 0.834. The van der Waals surface area contributed by atoms with E-state index in [1.165, 1.54) is 0 Å². The third-order valence-corrected chi connectivity index (χ3v) is 4.23. The summed E-state index contributed by atoms with van der Waals surface area (Å²) in [5, 5.41) is 3.00. The van der Waals surface area contributed by atoms with Crippen molar-refractivity contribution in [3.05, 3.63) is 23.8 Å². The summed E-state index contributed by atoms with van der Waals surface area (Å²) < 4.78 is 0. The predicted molar refractivity (Wildman–Crippen MR) is 83.6 cm³/mol. The molecule has 0 spiro atoms. The third-order valence-electron chi connectivity index (χ3n) is 4.23. The van der Waals surface area contributed by atoms with Crippen molar-refractivity contribution in [1.29, 1.82) is 0 Å². The van der Waals surface area contributed by atoms with Crippen LogP contribution in [-0.2, 0) is 4.79 Å². The molecule has 3 unspecified atom stereocenters. The van der Waals surface area contributed by atoms with E-state index in [2.05, 4.69) is 24.1 Å². The van der Waals surface area contributed by atoms with Crippen molar-refractivity contribution >= 4 is 17.3 Å². The van der Waals surface area contributed by atoms with Gasteiger partial charge in [0.15, 0.2) is 0 Å². The number of carbonyl (C=O) groups excluding carboxylic acids is 1. The Labute approximate surface area is 121 Å². The number of benzene rings is 1. The highest BCUT2D eigenvalue weighted by molar-refractivity contribution is 5.95. The Morgan fingerprint density at radius 3 is 2.75 bits per heavy atom. The van der Waals surface area contributed by atoms with Crippen LogP contribution in [0.3, 0.4) is 0 Å². The zero-order chi connectivity index (χ0) is 14.9. The van der Waals surface area contributed by atoms with Crippen LogP contribution < -0.4 is 11.1 Å². The van der Waals surface area contributed by atoms with Crippen molar-refractivity contribution < 1.29 is 4.79 Å². The maximum Gasteiger partial charge on any atom is 0.241 e. The molecular weight excluding hydrogens is 250 g/mol. The molecule has 20 heavy (non-hydrogen) atoms. The van der Waals surface area contributed by atoms with Gasteiger partial charge in [-0.3, -0.25) is 9.69 Å². The average Bonchev–Trinajstić information content (AvgIpc) is 2.72. The first-order chi connectivity index (χ1) is 9.38. The first-order valence-corrected chi connectivity index (χ1v) is 7.31. The molecule has 3 atom stereocenters. The number of nitrogens with one attached hydrogen (secondary N) is 1. The normalized spacial score (nSPS) is 24.6. The van der Waals surface area contributed by atoms with E-state index in [1.807, 2.05) is 32.0 Å². The number of hydrogen-bond acceptors (Lipinski definition) is 3. The summed E-state index contributed by atoms with van der Waals surface area (Å²) in [6.45, 7) is 9.37. The number of amides is 1. The number of anilines is 2. The standard InChI is InChI=1S/C16H25N3O/c1-10-7-12(3)19(9-10)13(4)16(20)18-15-8-14(17)6-5-11(15)2/h5-6,8,10,12-13H,7,9,17H2,1-4H3,(H,18,20). The molecule has 110 valence electrons. The summed E-state index contributed by atoms with van der Waals surface area (Å²) in [6.07, 6.45) is 1.16. The largest absolute Gasteiger partial charge is 0.399 e. The monoisotopic (exact) mass is 275 g/mol. The molecule has 1 aromatic carbocycles. The lowest BCUT2D eigenvalue weighted by Crippen LogP contribution is -2.44. The third kappa shape index (κ3) is 3.12. The Balaban J connectivity index is 2.06. The van der Waals surface area contributed by atoms with Crippen LogP contribution in [0.15, 0.2) is 18.2 Å². The zero-order valence-electron chi connectivity index (χ0n) is 12.8. The van der Waals surface area contributed by atoms with E-state index >= 15 is 0 Å². The van der Waals surface area contributed by atoms with Crippen LogP contribution in [0.4, 0.5) is 11.4 Å². The molecular formula is C16H25N3O. The topological polar surface area (TPSA) is 58.4 Å². The summed E-state index contributed by atoms with van der Waals surface area (Å²) in [6, 6.07) is 5.94. The molecule has 0 bridgehead atoms. The molecule has 2 rings (SSSR count). The van der Waals surface area contributed by atoms with Gasteiger partial charge in [0.05, 0.1) is 6.04 Å². The molecule has 1 fully saturated rings. The summed E-state index contributed by atoms with van der Waals surface area (Å²) in [5.74, 6) is 0.703. The average molecular weight is 275 g/mol. The lowest BCUT2D eigenvalue weighted by Gasteiger charge is -2.27. The fourth-order valence-corrected chi connectivity index (χ4v) is 3.03. The Kier molecular flexibility index (Phi) is 4.33. The van der Waals surface area contributed by atoms with Gasteiger partial charge in [-0.05, 0) is 50.8 Å². The van der Waals surface area contributed by atoms with Gasteiger partial charge in [-0.1, -0.05) is 13.0 Å². The summed E-state index contributed by atoms with van der Waals surface area (Å²) in [7, 11) is 0. The number of nitrogens with zero attached hydrogens (tertiary/aromatic N) is 1. The number of likely N-dealkylation sites (tertiary alicyclic amines) is 1. The molecule has 0 radical (unpaired) electrons. The summed E-state index contributed by atoms with van der Waals surface area (Å²) in [4.78, 5) is 14.7. The highest BCUT2D eigenvalue weighted by atomic mass is 16.2. The van der Waals surface area contributed by atoms with E-state index < -0.39 is 0 Å². The van der Waals surface area contributed by atoms with E-state index in [0.29, 0.717) is 17.6 Å². The Morgan fingerprint density at radius 1 is 1.45 bits per heavy atom. The van der Waals surface area contributed by atoms with Gasteiger partial charge in [-0.15, -0.1) is 0 Å². The smallest absolute Gasteiger partial charge is 0.241 e. The van der Waals surface area contributed by atoms with Crippen LogP contribution >= 0.6 is 0 Å². The second kappa shape index (κ2) is 5.83. The Morgan fingerprint density at radius 2 is 2.15 bits per heavy atom. The molecule has 0 saturated carbocycles. The molecule has 1 aromatic rings. The highest BCUT2D eigenvalue weighted by Crippen LogP contribution is 2.25. The van der Waals surface area contributed by atoms with E-state index in [-0.39, 0.29) is 11.9 Å². The van der Waals surface area contributed by atoms with Crippen molar-refractivity contribution in [2.45, 2.75) is 46.2 Å². The fraction of sp³-hybridized carbons (Fsp3) is 0.562. The number of hydrogen-bond donors (Lipinski definition) is 2. The Hall–Kier alpha value is -1.55. The van der Waals surface area contributed by atoms with E-state index in [1.54, 1.807) is 0 Å². The second-order valence-electron chi connectivity index (χ2n) is 6.13. The highest BCUT2D eigenvalue weighted by Gasteiger charge is 2.32. The SMILES string of the molecule is Cc1ccc(N)cc1NC(=O)C(C)N1CC(C)CC1C. The molecule has 4 nitrogen and oxygen atoms in total. The lowest BCUT2D eigenvalue weighted by atomic mass is 10.1. The first-order valence-electron chi connectivity index (χ1n) is 7.31. The summed E-state index contributed by atoms with van der Waals surface area (Å²) >= 11 is 0. The zero-order valence-corrected chi connectivity index (χ0v) is 12.8. The van der Waals surface area contributed by atoms with E-state index in [0.717, 1.165) is 24.2 Å². The van der Waals surface area contributed by atoms with E-state index in [9.17, 15) is 4.79 Å². The van der Waals surface area contributed by atoms with Crippen LogP contribution in [0.25, 0.3) is 0 Å². The fourth-order valence-electron chi connectivity index (χ4n) is 3.03. The van der Waals surface area contributed by atoms with Gasteiger partial charge in [-0.25, -0.2) is 0 Å².